The summed E-state index contributed by atoms with van der Waals surface area (Å²) in [4.78, 5) is 21.7. The van der Waals surface area contributed by atoms with E-state index in [4.69, 9.17) is 16.3 Å². The number of amides is 1. The fourth-order valence-corrected chi connectivity index (χ4v) is 2.61. The molecule has 0 radical (unpaired) electrons. The number of ether oxygens (including phenoxy) is 1. The highest BCUT2D eigenvalue weighted by Crippen LogP contribution is 2.37. The summed E-state index contributed by atoms with van der Waals surface area (Å²) in [5, 5.41) is -0.475. The predicted molar refractivity (Wildman–Crippen MR) is 98.3 cm³/mol. The topological polar surface area (TPSA) is 55.3 Å². The van der Waals surface area contributed by atoms with Gasteiger partial charge in [-0.05, 0) is 30.3 Å². The van der Waals surface area contributed by atoms with Crippen LogP contribution >= 0.6 is 11.6 Å². The number of anilines is 1. The van der Waals surface area contributed by atoms with Crippen LogP contribution in [-0.2, 0) is 6.18 Å². The number of hydrogen-bond donors (Lipinski definition) is 0. The summed E-state index contributed by atoms with van der Waals surface area (Å²) in [6.07, 6.45) is -0.858. The number of alkyl halides is 3. The third kappa shape index (κ3) is 4.40. The molecule has 5 nitrogen and oxygen atoms in total. The van der Waals surface area contributed by atoms with Crippen LogP contribution in [0.4, 0.5) is 23.7 Å². The second kappa shape index (κ2) is 7.85. The van der Waals surface area contributed by atoms with Gasteiger partial charge in [-0.2, -0.15) is 13.2 Å². The fourth-order valence-electron chi connectivity index (χ4n) is 2.38. The van der Waals surface area contributed by atoms with Crippen molar-refractivity contribution in [2.75, 3.05) is 11.9 Å². The standard InChI is InChI=1S/C19H13ClF3N3O2/c1-26(13-4-2-3-12(9-13)17-11-24-7-8-25-17)18(27)28-14-5-6-16(20)15(10-14)19(21,22)23/h2-11H,1H3. The molecule has 0 saturated carbocycles. The van der Waals surface area contributed by atoms with E-state index in [1.165, 1.54) is 24.2 Å². The molecule has 1 amide bonds. The number of rotatable bonds is 3. The van der Waals surface area contributed by atoms with E-state index in [0.29, 0.717) is 17.4 Å². The first-order valence-corrected chi connectivity index (χ1v) is 8.32. The molecule has 0 atom stereocenters. The van der Waals surface area contributed by atoms with Gasteiger partial charge in [0.2, 0.25) is 0 Å². The molecule has 0 saturated heterocycles. The SMILES string of the molecule is CN(C(=O)Oc1ccc(Cl)c(C(F)(F)F)c1)c1cccc(-c2cnccn2)c1. The summed E-state index contributed by atoms with van der Waals surface area (Å²) in [6.45, 7) is 0. The van der Waals surface area contributed by atoms with Crippen molar-refractivity contribution in [3.8, 4) is 17.0 Å². The molecule has 0 aliphatic heterocycles. The third-order valence-electron chi connectivity index (χ3n) is 3.81. The summed E-state index contributed by atoms with van der Waals surface area (Å²) in [7, 11) is 1.44. The minimum Gasteiger partial charge on any atom is -0.410 e. The van der Waals surface area contributed by atoms with Gasteiger partial charge in [-0.3, -0.25) is 14.9 Å². The van der Waals surface area contributed by atoms with E-state index < -0.39 is 22.9 Å². The Morgan fingerprint density at radius 2 is 1.93 bits per heavy atom. The van der Waals surface area contributed by atoms with Crippen molar-refractivity contribution in [1.29, 1.82) is 0 Å². The maximum atomic E-state index is 12.9. The molecule has 0 aliphatic rings. The van der Waals surface area contributed by atoms with Crippen molar-refractivity contribution in [2.45, 2.75) is 6.18 Å². The van der Waals surface area contributed by atoms with Gasteiger partial charge in [0, 0.05) is 30.7 Å². The molecule has 28 heavy (non-hydrogen) atoms. The van der Waals surface area contributed by atoms with Gasteiger partial charge in [0.05, 0.1) is 22.5 Å². The Hall–Kier alpha value is -3.13. The van der Waals surface area contributed by atoms with E-state index in [2.05, 4.69) is 9.97 Å². The van der Waals surface area contributed by atoms with E-state index in [0.717, 1.165) is 11.6 Å². The average molecular weight is 408 g/mol. The molecule has 0 N–H and O–H groups in total. The molecule has 1 aromatic heterocycles. The van der Waals surface area contributed by atoms with Crippen molar-refractivity contribution in [1.82, 2.24) is 9.97 Å². The normalized spacial score (nSPS) is 11.2. The predicted octanol–water partition coefficient (Wildman–Crippen LogP) is 5.45. The third-order valence-corrected chi connectivity index (χ3v) is 4.14. The maximum Gasteiger partial charge on any atom is 0.419 e. The Morgan fingerprint density at radius 1 is 1.14 bits per heavy atom. The Balaban J connectivity index is 1.81. The number of benzene rings is 2. The second-order valence-corrected chi connectivity index (χ2v) is 6.11. The van der Waals surface area contributed by atoms with Gasteiger partial charge in [-0.1, -0.05) is 23.7 Å². The highest BCUT2D eigenvalue weighted by atomic mass is 35.5. The lowest BCUT2D eigenvalue weighted by molar-refractivity contribution is -0.137. The molecule has 0 spiro atoms. The van der Waals surface area contributed by atoms with Gasteiger partial charge in [0.1, 0.15) is 5.75 Å². The zero-order chi connectivity index (χ0) is 20.3. The van der Waals surface area contributed by atoms with Crippen molar-refractivity contribution < 1.29 is 22.7 Å². The molecule has 3 rings (SSSR count). The van der Waals surface area contributed by atoms with Gasteiger partial charge in [-0.25, -0.2) is 4.79 Å². The van der Waals surface area contributed by atoms with Crippen LogP contribution in [0, 0.1) is 0 Å². The highest BCUT2D eigenvalue weighted by molar-refractivity contribution is 6.31. The highest BCUT2D eigenvalue weighted by Gasteiger charge is 2.33. The molecular formula is C19H13ClF3N3O2. The molecule has 3 aromatic rings. The van der Waals surface area contributed by atoms with E-state index in [9.17, 15) is 18.0 Å². The number of carbonyl (C=O) groups is 1. The first-order chi connectivity index (χ1) is 13.3. The minimum absolute atomic E-state index is 0.265. The van der Waals surface area contributed by atoms with E-state index in [-0.39, 0.29) is 5.75 Å². The molecule has 0 unspecified atom stereocenters. The lowest BCUT2D eigenvalue weighted by Gasteiger charge is -2.18. The van der Waals surface area contributed by atoms with Crippen molar-refractivity contribution in [3.63, 3.8) is 0 Å². The zero-order valence-electron chi connectivity index (χ0n) is 14.4. The first kappa shape index (κ1) is 19.6. The van der Waals surface area contributed by atoms with Crippen LogP contribution in [0.2, 0.25) is 5.02 Å². The van der Waals surface area contributed by atoms with E-state index in [1.807, 2.05) is 0 Å². The van der Waals surface area contributed by atoms with Crippen LogP contribution in [0.25, 0.3) is 11.3 Å². The molecular weight excluding hydrogens is 395 g/mol. The van der Waals surface area contributed by atoms with Gasteiger partial charge >= 0.3 is 12.3 Å². The summed E-state index contributed by atoms with van der Waals surface area (Å²) in [5.41, 5.74) is 0.722. The molecule has 0 fully saturated rings. The molecule has 9 heteroatoms. The lowest BCUT2D eigenvalue weighted by atomic mass is 10.1. The number of carbonyl (C=O) groups excluding carboxylic acids is 1. The monoisotopic (exact) mass is 407 g/mol. The first-order valence-electron chi connectivity index (χ1n) is 7.94. The van der Waals surface area contributed by atoms with E-state index in [1.54, 1.807) is 36.7 Å². The van der Waals surface area contributed by atoms with Gasteiger partial charge < -0.3 is 4.74 Å². The molecule has 1 heterocycles. The van der Waals surface area contributed by atoms with Crippen molar-refractivity contribution in [3.05, 3.63) is 71.6 Å². The van der Waals surface area contributed by atoms with Crippen LogP contribution in [0.15, 0.2) is 61.1 Å². The molecule has 144 valence electrons. The molecule has 2 aromatic carbocycles. The quantitative estimate of drug-likeness (QED) is 0.579. The maximum absolute atomic E-state index is 12.9. The molecule has 0 bridgehead atoms. The fraction of sp³-hybridized carbons (Fsp3) is 0.105. The number of halogens is 4. The lowest BCUT2D eigenvalue weighted by Crippen LogP contribution is -2.29. The van der Waals surface area contributed by atoms with Crippen LogP contribution in [0.3, 0.4) is 0 Å². The van der Waals surface area contributed by atoms with Gasteiger partial charge in [-0.15, -0.1) is 0 Å². The summed E-state index contributed by atoms with van der Waals surface area (Å²) in [5.74, 6) is -0.265. The summed E-state index contributed by atoms with van der Waals surface area (Å²) < 4.78 is 43.9. The van der Waals surface area contributed by atoms with Crippen molar-refractivity contribution in [2.24, 2.45) is 0 Å². The zero-order valence-corrected chi connectivity index (χ0v) is 15.2. The smallest absolute Gasteiger partial charge is 0.410 e. The van der Waals surface area contributed by atoms with E-state index >= 15 is 0 Å². The van der Waals surface area contributed by atoms with Crippen molar-refractivity contribution >= 4 is 23.4 Å². The minimum atomic E-state index is -4.66. The Morgan fingerprint density at radius 3 is 2.61 bits per heavy atom. The summed E-state index contributed by atoms with van der Waals surface area (Å²) in [6, 6.07) is 9.76. The number of aromatic nitrogens is 2. The van der Waals surface area contributed by atoms with Crippen LogP contribution in [0.1, 0.15) is 5.56 Å². The molecule has 0 aliphatic carbocycles. The number of nitrogens with zero attached hydrogens (tertiary/aromatic N) is 3. The Kier molecular flexibility index (Phi) is 5.51. The van der Waals surface area contributed by atoms with Gasteiger partial charge in [0.15, 0.2) is 0 Å². The number of hydrogen-bond acceptors (Lipinski definition) is 4. The van der Waals surface area contributed by atoms with Crippen LogP contribution in [0.5, 0.6) is 5.75 Å². The Bertz CT molecular complexity index is 997. The second-order valence-electron chi connectivity index (χ2n) is 5.71. The van der Waals surface area contributed by atoms with Crippen LogP contribution in [-0.4, -0.2) is 23.1 Å². The van der Waals surface area contributed by atoms with Crippen LogP contribution < -0.4 is 9.64 Å². The van der Waals surface area contributed by atoms with Gasteiger partial charge in [0.25, 0.3) is 0 Å². The Labute approximate surface area is 163 Å². The largest absolute Gasteiger partial charge is 0.419 e. The summed E-state index contributed by atoms with van der Waals surface area (Å²) >= 11 is 5.57. The average Bonchev–Trinajstić information content (AvgIpc) is 2.68.